The molecule has 1 aliphatic rings. The number of aliphatic hydroxyl groups excluding tert-OH is 1. The van der Waals surface area contributed by atoms with Crippen molar-refractivity contribution < 1.29 is 19.4 Å². The molecule has 2 rings (SSSR count). The van der Waals surface area contributed by atoms with E-state index in [9.17, 15) is 9.59 Å². The summed E-state index contributed by atoms with van der Waals surface area (Å²) in [4.78, 5) is 22.3. The molecule has 1 aromatic carbocycles. The van der Waals surface area contributed by atoms with Crippen LogP contribution in [0.5, 0.6) is 5.75 Å². The fraction of sp³-hybridized carbons (Fsp3) is 0.273. The Hall–Kier alpha value is -1.53. The van der Waals surface area contributed by atoms with Crippen molar-refractivity contribution in [3.8, 4) is 5.75 Å². The third kappa shape index (κ3) is 2.98. The summed E-state index contributed by atoms with van der Waals surface area (Å²) in [5.41, 5.74) is 0.942. The zero-order valence-electron chi connectivity index (χ0n) is 8.88. The predicted molar refractivity (Wildman–Crippen MR) is 62.8 cm³/mol. The first-order chi connectivity index (χ1) is 8.19. The molecule has 1 saturated heterocycles. The minimum Gasteiger partial charge on any atom is -0.468 e. The number of nitrogens with one attached hydrogen (secondary N) is 1. The Morgan fingerprint density at radius 1 is 1.29 bits per heavy atom. The first-order valence-corrected chi connectivity index (χ1v) is 5.91. The highest BCUT2D eigenvalue weighted by molar-refractivity contribution is 8.15. The van der Waals surface area contributed by atoms with Gasteiger partial charge in [-0.15, -0.1) is 0 Å². The second kappa shape index (κ2) is 5.20. The number of carbonyl (C=O) groups is 2. The lowest BCUT2D eigenvalue weighted by Crippen LogP contribution is -2.25. The van der Waals surface area contributed by atoms with Crippen LogP contribution in [0.25, 0.3) is 0 Å². The second-order valence-electron chi connectivity index (χ2n) is 3.50. The van der Waals surface area contributed by atoms with Crippen LogP contribution in [0.3, 0.4) is 0 Å². The molecule has 1 aliphatic heterocycles. The van der Waals surface area contributed by atoms with Crippen LogP contribution in [-0.4, -0.2) is 28.3 Å². The lowest BCUT2D eigenvalue weighted by atomic mass is 10.1. The normalized spacial score (nSPS) is 19.2. The van der Waals surface area contributed by atoms with Gasteiger partial charge in [-0.25, -0.2) is 0 Å². The van der Waals surface area contributed by atoms with Gasteiger partial charge in [0.2, 0.25) is 5.91 Å². The van der Waals surface area contributed by atoms with Crippen LogP contribution < -0.4 is 10.1 Å². The van der Waals surface area contributed by atoms with Gasteiger partial charge in [0.25, 0.3) is 5.24 Å². The van der Waals surface area contributed by atoms with Crippen molar-refractivity contribution in [3.05, 3.63) is 29.8 Å². The van der Waals surface area contributed by atoms with Gasteiger partial charge < -0.3 is 9.84 Å². The van der Waals surface area contributed by atoms with E-state index in [0.29, 0.717) is 12.2 Å². The summed E-state index contributed by atoms with van der Waals surface area (Å²) in [5.74, 6) is 0.325. The zero-order valence-corrected chi connectivity index (χ0v) is 9.70. The average molecular weight is 253 g/mol. The lowest BCUT2D eigenvalue weighted by Gasteiger charge is -2.06. The number of hydrogen-bond acceptors (Lipinski definition) is 5. The molecule has 1 unspecified atom stereocenters. The summed E-state index contributed by atoms with van der Waals surface area (Å²) in [6.07, 6.45) is 0.502. The summed E-state index contributed by atoms with van der Waals surface area (Å²) >= 11 is 1.01. The third-order valence-electron chi connectivity index (χ3n) is 2.34. The van der Waals surface area contributed by atoms with E-state index in [4.69, 9.17) is 9.84 Å². The van der Waals surface area contributed by atoms with Gasteiger partial charge in [-0.3, -0.25) is 14.9 Å². The van der Waals surface area contributed by atoms with Gasteiger partial charge in [-0.2, -0.15) is 0 Å². The van der Waals surface area contributed by atoms with Crippen LogP contribution in [0, 0.1) is 0 Å². The van der Waals surface area contributed by atoms with Gasteiger partial charge >= 0.3 is 0 Å². The minimum atomic E-state index is -0.366. The van der Waals surface area contributed by atoms with Gasteiger partial charge in [0, 0.05) is 0 Å². The van der Waals surface area contributed by atoms with Crippen LogP contribution in [0.15, 0.2) is 24.3 Å². The number of ether oxygens (including phenoxy) is 1. The summed E-state index contributed by atoms with van der Waals surface area (Å²) < 4.78 is 4.89. The first-order valence-electron chi connectivity index (χ1n) is 5.03. The van der Waals surface area contributed by atoms with Crippen molar-refractivity contribution in [1.29, 1.82) is 0 Å². The number of hydrogen-bond donors (Lipinski definition) is 2. The molecule has 0 aromatic heterocycles. The number of imide groups is 1. The van der Waals surface area contributed by atoms with Crippen molar-refractivity contribution in [2.75, 3.05) is 6.79 Å². The monoisotopic (exact) mass is 253 g/mol. The van der Waals surface area contributed by atoms with Gasteiger partial charge in [0.1, 0.15) is 5.75 Å². The quantitative estimate of drug-likeness (QED) is 0.780. The molecule has 1 atom stereocenters. The van der Waals surface area contributed by atoms with Crippen LogP contribution in [0.4, 0.5) is 4.79 Å². The Morgan fingerprint density at radius 2 is 2.00 bits per heavy atom. The molecule has 2 amide bonds. The van der Waals surface area contributed by atoms with Gasteiger partial charge in [-0.1, -0.05) is 23.9 Å². The van der Waals surface area contributed by atoms with Gasteiger partial charge in [-0.05, 0) is 24.1 Å². The fourth-order valence-electron chi connectivity index (χ4n) is 1.54. The third-order valence-corrected chi connectivity index (χ3v) is 3.32. The minimum absolute atomic E-state index is 0.240. The van der Waals surface area contributed by atoms with Crippen LogP contribution in [0.2, 0.25) is 0 Å². The molecular formula is C11H11NO4S. The average Bonchev–Trinajstić information content (AvgIpc) is 2.61. The van der Waals surface area contributed by atoms with E-state index < -0.39 is 0 Å². The number of rotatable bonds is 4. The van der Waals surface area contributed by atoms with Crippen molar-refractivity contribution in [1.82, 2.24) is 5.32 Å². The van der Waals surface area contributed by atoms with Crippen molar-refractivity contribution in [2.24, 2.45) is 0 Å². The molecule has 1 aromatic rings. The van der Waals surface area contributed by atoms with Crippen molar-refractivity contribution in [2.45, 2.75) is 11.7 Å². The Balaban J connectivity index is 1.99. The maximum absolute atomic E-state index is 11.3. The molecule has 17 heavy (non-hydrogen) atoms. The Bertz CT molecular complexity index is 432. The highest BCUT2D eigenvalue weighted by Gasteiger charge is 2.31. The van der Waals surface area contributed by atoms with E-state index in [0.717, 1.165) is 17.3 Å². The fourth-order valence-corrected chi connectivity index (χ4v) is 2.40. The Kier molecular flexibility index (Phi) is 3.65. The molecule has 90 valence electrons. The molecule has 6 heteroatoms. The van der Waals surface area contributed by atoms with Crippen LogP contribution >= 0.6 is 11.8 Å². The number of aliphatic hydroxyl groups is 1. The highest BCUT2D eigenvalue weighted by atomic mass is 32.2. The molecule has 0 spiro atoms. The summed E-state index contributed by atoms with van der Waals surface area (Å²) in [5, 5.41) is 10.2. The Labute approximate surface area is 102 Å². The SMILES string of the molecule is O=C1NC(=O)C(Cc2ccc(OCO)cc2)S1. The molecule has 5 nitrogen and oxygen atoms in total. The second-order valence-corrected chi connectivity index (χ2v) is 4.68. The van der Waals surface area contributed by atoms with Gasteiger partial charge in [0.15, 0.2) is 6.79 Å². The molecule has 0 saturated carbocycles. The topological polar surface area (TPSA) is 75.6 Å². The van der Waals surface area contributed by atoms with Gasteiger partial charge in [0.05, 0.1) is 5.25 Å². The molecule has 0 aliphatic carbocycles. The number of benzene rings is 1. The lowest BCUT2D eigenvalue weighted by molar-refractivity contribution is -0.118. The summed E-state index contributed by atoms with van der Waals surface area (Å²) in [7, 11) is 0. The molecule has 1 heterocycles. The maximum atomic E-state index is 11.3. The van der Waals surface area contributed by atoms with Crippen LogP contribution in [-0.2, 0) is 11.2 Å². The first kappa shape index (κ1) is 11.9. The van der Waals surface area contributed by atoms with E-state index in [1.54, 1.807) is 12.1 Å². The van der Waals surface area contributed by atoms with E-state index in [2.05, 4.69) is 5.32 Å². The maximum Gasteiger partial charge on any atom is 0.286 e. The summed E-state index contributed by atoms with van der Waals surface area (Å²) in [6, 6.07) is 7.04. The standard InChI is InChI=1S/C11H11NO4S/c13-6-16-8-3-1-7(2-4-8)5-9-10(14)12-11(15)17-9/h1-4,9,13H,5-6H2,(H,12,14,15). The Morgan fingerprint density at radius 3 is 2.53 bits per heavy atom. The molecule has 2 N–H and O–H groups in total. The molecule has 0 bridgehead atoms. The predicted octanol–water partition coefficient (Wildman–Crippen LogP) is 0.909. The number of amides is 2. The zero-order chi connectivity index (χ0) is 12.3. The van der Waals surface area contributed by atoms with E-state index in [-0.39, 0.29) is 23.2 Å². The number of thioether (sulfide) groups is 1. The van der Waals surface area contributed by atoms with E-state index in [1.165, 1.54) is 0 Å². The largest absolute Gasteiger partial charge is 0.468 e. The highest BCUT2D eigenvalue weighted by Crippen LogP contribution is 2.23. The molecular weight excluding hydrogens is 242 g/mol. The smallest absolute Gasteiger partial charge is 0.286 e. The van der Waals surface area contributed by atoms with Crippen molar-refractivity contribution >= 4 is 22.9 Å². The van der Waals surface area contributed by atoms with Crippen molar-refractivity contribution in [3.63, 3.8) is 0 Å². The summed E-state index contributed by atoms with van der Waals surface area (Å²) in [6.45, 7) is -0.366. The molecule has 0 radical (unpaired) electrons. The molecule has 1 fully saturated rings. The van der Waals surface area contributed by atoms with Crippen LogP contribution in [0.1, 0.15) is 5.56 Å². The van der Waals surface area contributed by atoms with E-state index in [1.807, 2.05) is 12.1 Å². The number of carbonyl (C=O) groups excluding carboxylic acids is 2. The van der Waals surface area contributed by atoms with E-state index >= 15 is 0 Å².